The van der Waals surface area contributed by atoms with Gasteiger partial charge in [0, 0.05) is 6.42 Å². The van der Waals surface area contributed by atoms with E-state index in [1.807, 2.05) is 66.7 Å². The van der Waals surface area contributed by atoms with Gasteiger partial charge in [-0.25, -0.2) is 4.79 Å². The molecule has 0 fully saturated rings. The summed E-state index contributed by atoms with van der Waals surface area (Å²) >= 11 is 0. The summed E-state index contributed by atoms with van der Waals surface area (Å²) in [5.74, 6) is -0.401. The molecule has 0 amide bonds. The predicted octanol–water partition coefficient (Wildman–Crippen LogP) is 2.17. The van der Waals surface area contributed by atoms with Crippen molar-refractivity contribution in [2.75, 3.05) is 0 Å². The van der Waals surface area contributed by atoms with Crippen LogP contribution in [-0.2, 0) is 6.42 Å². The average molecular weight is 355 g/mol. The number of rotatable bonds is 4. The Morgan fingerprint density at radius 1 is 0.815 bits per heavy atom. The van der Waals surface area contributed by atoms with E-state index < -0.39 is 11.4 Å². The number of hydrogen-bond donors (Lipinski definition) is 0. The first kappa shape index (κ1) is 16.7. The Labute approximate surface area is 156 Å². The van der Waals surface area contributed by atoms with E-state index in [1.165, 1.54) is 9.36 Å². The first-order valence-electron chi connectivity index (χ1n) is 8.64. The molecule has 1 aromatic heterocycles. The summed E-state index contributed by atoms with van der Waals surface area (Å²) in [5, 5.41) is 17.4. The second kappa shape index (κ2) is 7.25. The largest absolute Gasteiger partial charge is 0.840 e. The van der Waals surface area contributed by atoms with Crippen molar-refractivity contribution in [3.8, 4) is 17.3 Å². The number of para-hydroxylation sites is 2. The molecule has 4 rings (SSSR count). The maximum atomic E-state index is 13.1. The number of nitrogens with zero attached hydrogens (tertiary/aromatic N) is 3. The van der Waals surface area contributed by atoms with Crippen molar-refractivity contribution in [2.24, 2.45) is 0 Å². The minimum Gasteiger partial charge on any atom is -0.840 e. The Morgan fingerprint density at radius 3 is 2.00 bits per heavy atom. The van der Waals surface area contributed by atoms with Gasteiger partial charge >= 0.3 is 5.56 Å². The highest BCUT2D eigenvalue weighted by Crippen LogP contribution is 2.13. The zero-order valence-corrected chi connectivity index (χ0v) is 14.5. The second-order valence-electron chi connectivity index (χ2n) is 6.14. The zero-order chi connectivity index (χ0) is 18.6. The molecule has 0 aliphatic heterocycles. The Hall–Kier alpha value is -3.73. The molecule has 0 unspecified atom stereocenters. The van der Waals surface area contributed by atoms with Gasteiger partial charge in [0.15, 0.2) is 11.4 Å². The van der Waals surface area contributed by atoms with Crippen molar-refractivity contribution in [1.29, 1.82) is 0 Å². The van der Waals surface area contributed by atoms with Crippen LogP contribution in [0.2, 0.25) is 0 Å². The van der Waals surface area contributed by atoms with Gasteiger partial charge in [-0.2, -0.15) is 0 Å². The summed E-state index contributed by atoms with van der Waals surface area (Å²) in [6, 6.07) is 27.7. The molecular formula is C22H17N3O2. The topological polar surface area (TPSA) is 61.8 Å². The van der Waals surface area contributed by atoms with Crippen LogP contribution in [0.25, 0.3) is 11.4 Å². The van der Waals surface area contributed by atoms with Gasteiger partial charge in [0.1, 0.15) is 11.1 Å². The highest BCUT2D eigenvalue weighted by Gasteiger charge is 2.21. The van der Waals surface area contributed by atoms with Crippen molar-refractivity contribution >= 4 is 0 Å². The van der Waals surface area contributed by atoms with E-state index in [4.69, 9.17) is 0 Å². The third-order valence-electron chi connectivity index (χ3n) is 4.31. The minimum absolute atomic E-state index is 0.184. The van der Waals surface area contributed by atoms with Crippen LogP contribution in [0.3, 0.4) is 0 Å². The summed E-state index contributed by atoms with van der Waals surface area (Å²) in [7, 11) is 0. The van der Waals surface area contributed by atoms with Gasteiger partial charge in [-0.05, 0) is 29.8 Å². The fraction of sp³-hybridized carbons (Fsp3) is 0.0455. The Morgan fingerprint density at radius 2 is 1.37 bits per heavy atom. The van der Waals surface area contributed by atoms with Crippen molar-refractivity contribution in [2.45, 2.75) is 6.42 Å². The Balaban J connectivity index is 1.95. The SMILES string of the molecule is O=c1c(Cc2ccccc2)c([O-])[n+](-c2ccccc2)nn1-c1ccccc1. The molecule has 0 atom stereocenters. The first-order valence-corrected chi connectivity index (χ1v) is 8.64. The van der Waals surface area contributed by atoms with Crippen LogP contribution >= 0.6 is 0 Å². The maximum absolute atomic E-state index is 13.1. The molecule has 1 heterocycles. The van der Waals surface area contributed by atoms with Crippen LogP contribution in [0.1, 0.15) is 11.1 Å². The average Bonchev–Trinajstić information content (AvgIpc) is 2.73. The number of aromatic nitrogens is 3. The molecule has 132 valence electrons. The molecule has 0 N–H and O–H groups in total. The van der Waals surface area contributed by atoms with Crippen LogP contribution in [0.4, 0.5) is 0 Å². The molecule has 3 aromatic carbocycles. The summed E-state index contributed by atoms with van der Waals surface area (Å²) in [4.78, 5) is 13.1. The Kier molecular flexibility index (Phi) is 4.49. The van der Waals surface area contributed by atoms with Gasteiger partial charge in [0.25, 0.3) is 0 Å². The van der Waals surface area contributed by atoms with Gasteiger partial charge in [-0.3, -0.25) is 0 Å². The van der Waals surface area contributed by atoms with Crippen molar-refractivity contribution in [1.82, 2.24) is 9.90 Å². The zero-order valence-electron chi connectivity index (χ0n) is 14.5. The van der Waals surface area contributed by atoms with Gasteiger partial charge in [0.05, 0.1) is 5.56 Å². The van der Waals surface area contributed by atoms with Crippen LogP contribution in [-0.4, -0.2) is 9.90 Å². The van der Waals surface area contributed by atoms with Gasteiger partial charge in [0.2, 0.25) is 0 Å². The fourth-order valence-electron chi connectivity index (χ4n) is 2.95. The predicted molar refractivity (Wildman–Crippen MR) is 100 cm³/mol. The van der Waals surface area contributed by atoms with Gasteiger partial charge < -0.3 is 5.11 Å². The van der Waals surface area contributed by atoms with Crippen molar-refractivity contribution in [3.05, 3.63) is 112 Å². The molecule has 5 nitrogen and oxygen atoms in total. The van der Waals surface area contributed by atoms with Crippen LogP contribution in [0.5, 0.6) is 5.88 Å². The monoisotopic (exact) mass is 355 g/mol. The van der Waals surface area contributed by atoms with E-state index in [1.54, 1.807) is 24.3 Å². The van der Waals surface area contributed by atoms with Gasteiger partial charge in [-0.15, -0.1) is 4.68 Å². The molecule has 0 bridgehead atoms. The first-order chi connectivity index (χ1) is 13.2. The van der Waals surface area contributed by atoms with Crippen LogP contribution in [0.15, 0.2) is 95.8 Å². The standard InChI is InChI=1S/C22H17N3O2/c26-21-20(16-17-10-4-1-5-11-17)22(27)25(19-14-8-3-9-15-19)23-24(21)18-12-6-2-7-13-18/h1-15H,16H2. The lowest BCUT2D eigenvalue weighted by Crippen LogP contribution is -2.47. The summed E-state index contributed by atoms with van der Waals surface area (Å²) in [6.45, 7) is 0. The van der Waals surface area contributed by atoms with E-state index in [0.717, 1.165) is 5.56 Å². The smallest absolute Gasteiger partial charge is 0.365 e. The molecule has 0 aliphatic rings. The molecule has 4 aromatic rings. The van der Waals surface area contributed by atoms with E-state index in [2.05, 4.69) is 5.21 Å². The molecule has 0 spiro atoms. The van der Waals surface area contributed by atoms with Gasteiger partial charge in [-0.1, -0.05) is 71.4 Å². The Bertz CT molecular complexity index is 1110. The fourth-order valence-corrected chi connectivity index (χ4v) is 2.95. The highest BCUT2D eigenvalue weighted by molar-refractivity contribution is 5.34. The summed E-state index contributed by atoms with van der Waals surface area (Å²) in [6.07, 6.45) is 0.251. The molecule has 0 aliphatic carbocycles. The van der Waals surface area contributed by atoms with E-state index >= 15 is 0 Å². The van der Waals surface area contributed by atoms with Crippen LogP contribution in [0, 0.1) is 0 Å². The normalized spacial score (nSPS) is 10.7. The molecular weight excluding hydrogens is 338 g/mol. The van der Waals surface area contributed by atoms with E-state index in [-0.39, 0.29) is 12.0 Å². The lowest BCUT2D eigenvalue weighted by Gasteiger charge is -2.14. The molecule has 5 heteroatoms. The molecule has 0 radical (unpaired) electrons. The van der Waals surface area contributed by atoms with Crippen LogP contribution < -0.4 is 15.3 Å². The third-order valence-corrected chi connectivity index (χ3v) is 4.31. The van der Waals surface area contributed by atoms with E-state index in [0.29, 0.717) is 11.4 Å². The van der Waals surface area contributed by atoms with E-state index in [9.17, 15) is 9.90 Å². The molecule has 0 saturated heterocycles. The minimum atomic E-state index is -0.401. The third kappa shape index (κ3) is 3.35. The molecule has 0 saturated carbocycles. The quantitative estimate of drug-likeness (QED) is 0.527. The molecule has 27 heavy (non-hydrogen) atoms. The lowest BCUT2D eigenvalue weighted by atomic mass is 10.1. The maximum Gasteiger partial charge on any atom is 0.365 e. The van der Waals surface area contributed by atoms with Crippen molar-refractivity contribution < 1.29 is 9.79 Å². The summed E-state index contributed by atoms with van der Waals surface area (Å²) < 4.78 is 2.57. The number of benzene rings is 3. The van der Waals surface area contributed by atoms with Crippen molar-refractivity contribution in [3.63, 3.8) is 0 Å². The summed E-state index contributed by atoms with van der Waals surface area (Å²) in [5.41, 5.74) is 1.91. The number of hydrogen-bond acceptors (Lipinski definition) is 3. The lowest BCUT2D eigenvalue weighted by molar-refractivity contribution is -0.711. The second-order valence-corrected chi connectivity index (χ2v) is 6.14. The highest BCUT2D eigenvalue weighted by atomic mass is 16.3.